The Kier molecular flexibility index (Phi) is 15.0. The molecular weight excluding hydrogens is 424 g/mol. The quantitative estimate of drug-likeness (QED) is 0.132. The van der Waals surface area contributed by atoms with E-state index in [2.05, 4.69) is 26.0 Å². The molecule has 1 aromatic carbocycles. The molecule has 1 saturated heterocycles. The second-order valence-corrected chi connectivity index (χ2v) is 10.1. The van der Waals surface area contributed by atoms with E-state index < -0.39 is 0 Å². The van der Waals surface area contributed by atoms with Gasteiger partial charge in [0.1, 0.15) is 11.9 Å². The Hall–Kier alpha value is -1.55. The number of unbranched alkanes of at least 4 members (excludes halogenated alkanes) is 11. The van der Waals surface area contributed by atoms with Crippen molar-refractivity contribution in [3.05, 3.63) is 29.8 Å². The normalized spacial score (nSPS) is 18.4. The smallest absolute Gasteiger partial charge is 0.313 e. The lowest BCUT2D eigenvalue weighted by molar-refractivity contribution is -0.190. The Balaban J connectivity index is 1.77. The lowest BCUT2D eigenvalue weighted by atomic mass is 9.86. The van der Waals surface area contributed by atoms with Gasteiger partial charge in [-0.1, -0.05) is 109 Å². The molecule has 34 heavy (non-hydrogen) atoms. The minimum Gasteiger partial charge on any atom is -0.497 e. The van der Waals surface area contributed by atoms with Crippen LogP contribution in [-0.4, -0.2) is 25.3 Å². The van der Waals surface area contributed by atoms with Gasteiger partial charge in [-0.25, -0.2) is 0 Å². The molecule has 0 amide bonds. The SMILES string of the molecule is CCCCCCCCCCCC(CC1OC(=O)C1CCCCCC)OCc1ccc(OC)cc1. The van der Waals surface area contributed by atoms with E-state index in [0.717, 1.165) is 37.0 Å². The fourth-order valence-electron chi connectivity index (χ4n) is 4.85. The van der Waals surface area contributed by atoms with Gasteiger partial charge in [-0.2, -0.15) is 0 Å². The number of carbonyl (C=O) groups is 1. The summed E-state index contributed by atoms with van der Waals surface area (Å²) in [6.07, 6.45) is 19.8. The summed E-state index contributed by atoms with van der Waals surface area (Å²) < 4.78 is 17.2. The van der Waals surface area contributed by atoms with Crippen molar-refractivity contribution in [1.82, 2.24) is 0 Å². The molecule has 3 atom stereocenters. The summed E-state index contributed by atoms with van der Waals surface area (Å²) in [6.45, 7) is 5.08. The third-order valence-electron chi connectivity index (χ3n) is 7.16. The minimum absolute atomic E-state index is 0.00141. The molecule has 194 valence electrons. The van der Waals surface area contributed by atoms with Gasteiger partial charge in [0.2, 0.25) is 0 Å². The first-order chi connectivity index (χ1) is 16.7. The Morgan fingerprint density at radius 1 is 0.824 bits per heavy atom. The Morgan fingerprint density at radius 3 is 2.00 bits per heavy atom. The van der Waals surface area contributed by atoms with Gasteiger partial charge in [0.05, 0.1) is 25.7 Å². The summed E-state index contributed by atoms with van der Waals surface area (Å²) in [5, 5.41) is 0. The molecule has 0 bridgehead atoms. The topological polar surface area (TPSA) is 44.8 Å². The fourth-order valence-corrected chi connectivity index (χ4v) is 4.85. The van der Waals surface area contributed by atoms with E-state index in [1.165, 1.54) is 77.0 Å². The van der Waals surface area contributed by atoms with Gasteiger partial charge in [0, 0.05) is 6.42 Å². The van der Waals surface area contributed by atoms with Crippen LogP contribution in [0.25, 0.3) is 0 Å². The van der Waals surface area contributed by atoms with Crippen LogP contribution in [0.4, 0.5) is 0 Å². The predicted molar refractivity (Wildman–Crippen MR) is 140 cm³/mol. The van der Waals surface area contributed by atoms with Crippen LogP contribution in [0.2, 0.25) is 0 Å². The number of hydrogen-bond acceptors (Lipinski definition) is 4. The number of rotatable bonds is 21. The van der Waals surface area contributed by atoms with E-state index in [1.807, 2.05) is 12.1 Å². The Labute approximate surface area is 209 Å². The summed E-state index contributed by atoms with van der Waals surface area (Å²) in [5.74, 6) is 0.938. The molecule has 2 rings (SSSR count). The molecule has 1 aliphatic heterocycles. The van der Waals surface area contributed by atoms with E-state index in [-0.39, 0.29) is 24.1 Å². The third kappa shape index (κ3) is 11.3. The van der Waals surface area contributed by atoms with Gasteiger partial charge in [0.25, 0.3) is 0 Å². The zero-order valence-corrected chi connectivity index (χ0v) is 22.2. The fraction of sp³-hybridized carbons (Fsp3) is 0.767. The highest BCUT2D eigenvalue weighted by Crippen LogP contribution is 2.33. The highest BCUT2D eigenvalue weighted by atomic mass is 16.6. The zero-order valence-electron chi connectivity index (χ0n) is 22.2. The average Bonchev–Trinajstić information content (AvgIpc) is 2.85. The van der Waals surface area contributed by atoms with Crippen LogP contribution in [0.1, 0.15) is 122 Å². The van der Waals surface area contributed by atoms with Crippen LogP contribution in [-0.2, 0) is 20.9 Å². The van der Waals surface area contributed by atoms with Crippen LogP contribution < -0.4 is 4.74 Å². The first-order valence-electron chi connectivity index (χ1n) is 14.1. The maximum Gasteiger partial charge on any atom is 0.313 e. The van der Waals surface area contributed by atoms with E-state index in [0.29, 0.717) is 6.61 Å². The van der Waals surface area contributed by atoms with Crippen LogP contribution >= 0.6 is 0 Å². The molecule has 1 aliphatic rings. The standard InChI is InChI=1S/C30H50O4/c1-4-6-8-10-11-12-13-14-15-17-27(33-24-25-19-21-26(32-3)22-20-25)23-29-28(30(31)34-29)18-16-9-7-5-2/h19-22,27-29H,4-18,23-24H2,1-3H3. The summed E-state index contributed by atoms with van der Waals surface area (Å²) in [6, 6.07) is 8.09. The molecule has 1 heterocycles. The van der Waals surface area contributed by atoms with E-state index >= 15 is 0 Å². The first-order valence-corrected chi connectivity index (χ1v) is 14.1. The summed E-state index contributed by atoms with van der Waals surface area (Å²) in [7, 11) is 1.69. The lowest BCUT2D eigenvalue weighted by Crippen LogP contribution is -2.47. The van der Waals surface area contributed by atoms with Crippen molar-refractivity contribution in [1.29, 1.82) is 0 Å². The van der Waals surface area contributed by atoms with E-state index in [4.69, 9.17) is 14.2 Å². The second kappa shape index (κ2) is 17.8. The minimum atomic E-state index is -0.00141. The predicted octanol–water partition coefficient (Wildman–Crippen LogP) is 8.40. The number of hydrogen-bond donors (Lipinski definition) is 0. The third-order valence-corrected chi connectivity index (χ3v) is 7.16. The van der Waals surface area contributed by atoms with Crippen molar-refractivity contribution in [2.45, 2.75) is 135 Å². The van der Waals surface area contributed by atoms with Crippen molar-refractivity contribution in [2.75, 3.05) is 7.11 Å². The van der Waals surface area contributed by atoms with E-state index in [1.54, 1.807) is 7.11 Å². The summed E-state index contributed by atoms with van der Waals surface area (Å²) in [5.41, 5.74) is 1.15. The monoisotopic (exact) mass is 474 g/mol. The van der Waals surface area contributed by atoms with Crippen molar-refractivity contribution in [3.63, 3.8) is 0 Å². The summed E-state index contributed by atoms with van der Waals surface area (Å²) >= 11 is 0. The second-order valence-electron chi connectivity index (χ2n) is 10.1. The van der Waals surface area contributed by atoms with Gasteiger partial charge in [-0.05, 0) is 30.5 Å². The largest absolute Gasteiger partial charge is 0.497 e. The molecule has 0 aliphatic carbocycles. The van der Waals surface area contributed by atoms with Gasteiger partial charge < -0.3 is 14.2 Å². The highest BCUT2D eigenvalue weighted by Gasteiger charge is 2.42. The van der Waals surface area contributed by atoms with Gasteiger partial charge in [-0.3, -0.25) is 4.79 Å². The molecule has 4 heteroatoms. The van der Waals surface area contributed by atoms with Crippen molar-refractivity contribution in [3.8, 4) is 5.75 Å². The van der Waals surface area contributed by atoms with Gasteiger partial charge >= 0.3 is 5.97 Å². The molecule has 0 spiro atoms. The lowest BCUT2D eigenvalue weighted by Gasteiger charge is -2.37. The molecule has 1 fully saturated rings. The molecule has 0 saturated carbocycles. The summed E-state index contributed by atoms with van der Waals surface area (Å²) in [4.78, 5) is 12.1. The van der Waals surface area contributed by atoms with Crippen molar-refractivity contribution < 1.29 is 19.0 Å². The molecular formula is C30H50O4. The molecule has 1 aromatic rings. The number of ether oxygens (including phenoxy) is 3. The Bertz CT molecular complexity index is 642. The number of cyclic esters (lactones) is 1. The van der Waals surface area contributed by atoms with Gasteiger partial charge in [-0.15, -0.1) is 0 Å². The number of methoxy groups -OCH3 is 1. The number of carbonyl (C=O) groups excluding carboxylic acids is 1. The van der Waals surface area contributed by atoms with Crippen molar-refractivity contribution in [2.24, 2.45) is 5.92 Å². The van der Waals surface area contributed by atoms with Crippen LogP contribution in [0, 0.1) is 5.92 Å². The number of benzene rings is 1. The maximum atomic E-state index is 12.1. The molecule has 0 aromatic heterocycles. The van der Waals surface area contributed by atoms with Crippen molar-refractivity contribution >= 4 is 5.97 Å². The van der Waals surface area contributed by atoms with Gasteiger partial charge in [0.15, 0.2) is 0 Å². The van der Waals surface area contributed by atoms with Crippen LogP contribution in [0.3, 0.4) is 0 Å². The average molecular weight is 475 g/mol. The Morgan fingerprint density at radius 2 is 1.41 bits per heavy atom. The number of esters is 1. The van der Waals surface area contributed by atoms with Crippen LogP contribution in [0.5, 0.6) is 5.75 Å². The van der Waals surface area contributed by atoms with Crippen LogP contribution in [0.15, 0.2) is 24.3 Å². The zero-order chi connectivity index (χ0) is 24.4. The molecule has 0 radical (unpaired) electrons. The molecule has 4 nitrogen and oxygen atoms in total. The highest BCUT2D eigenvalue weighted by molar-refractivity contribution is 5.78. The first kappa shape index (κ1) is 28.7. The molecule has 3 unspecified atom stereocenters. The maximum absolute atomic E-state index is 12.1. The molecule has 0 N–H and O–H groups in total. The van der Waals surface area contributed by atoms with E-state index in [9.17, 15) is 4.79 Å².